The van der Waals surface area contributed by atoms with Gasteiger partial charge in [-0.05, 0) is 72.6 Å². The summed E-state index contributed by atoms with van der Waals surface area (Å²) in [5, 5.41) is 0.901. The van der Waals surface area contributed by atoms with Gasteiger partial charge in [0, 0.05) is 54.3 Å². The first-order valence-corrected chi connectivity index (χ1v) is 13.0. The Hall–Kier alpha value is -1.87. The van der Waals surface area contributed by atoms with Crippen LogP contribution in [-0.2, 0) is 16.6 Å². The molecule has 32 heavy (non-hydrogen) atoms. The van der Waals surface area contributed by atoms with Gasteiger partial charge < -0.3 is 4.74 Å². The molecule has 0 amide bonds. The Labute approximate surface area is 198 Å². The molecule has 1 fully saturated rings. The molecule has 0 aliphatic carbocycles. The number of piperazine rings is 1. The molecule has 6 nitrogen and oxygen atoms in total. The minimum absolute atomic E-state index is 0.159. The molecule has 1 aliphatic heterocycles. The topological polar surface area (TPSA) is 54.8 Å². The van der Waals surface area contributed by atoms with Gasteiger partial charge >= 0.3 is 0 Å². The molecule has 0 unspecified atom stereocenters. The van der Waals surface area contributed by atoms with E-state index >= 15 is 0 Å². The van der Waals surface area contributed by atoms with Crippen LogP contribution in [0.3, 0.4) is 0 Å². The van der Waals surface area contributed by atoms with Gasteiger partial charge in [-0.2, -0.15) is 0 Å². The molecule has 4 rings (SSSR count). The van der Waals surface area contributed by atoms with Crippen molar-refractivity contribution < 1.29 is 13.2 Å². The molecule has 0 spiro atoms. The fourth-order valence-electron chi connectivity index (χ4n) is 4.27. The number of nitrogens with zero attached hydrogens (tertiary/aromatic N) is 3. The molecular formula is C24H30BrN3O3S. The van der Waals surface area contributed by atoms with Crippen LogP contribution >= 0.6 is 15.9 Å². The predicted molar refractivity (Wildman–Crippen MR) is 132 cm³/mol. The quantitative estimate of drug-likeness (QED) is 0.494. The van der Waals surface area contributed by atoms with Gasteiger partial charge in [0.15, 0.2) is 0 Å². The number of benzene rings is 2. The Bertz CT molecular complexity index is 1220. The summed E-state index contributed by atoms with van der Waals surface area (Å²) in [7, 11) is -2.14. The fraction of sp³-hybridized carbons (Fsp3) is 0.417. The van der Waals surface area contributed by atoms with E-state index in [2.05, 4.69) is 46.5 Å². The maximum absolute atomic E-state index is 13.6. The van der Waals surface area contributed by atoms with Gasteiger partial charge in [-0.3, -0.25) is 9.80 Å². The average molecular weight is 520 g/mol. The van der Waals surface area contributed by atoms with E-state index in [1.165, 1.54) is 3.97 Å². The SMILES string of the molecule is COc1ccc2c(c1)c(CN1CCN(C(C)(C)C)CC1)cn2S(=O)(=O)c1ccccc1Br. The average Bonchev–Trinajstić information content (AvgIpc) is 3.12. The molecule has 1 aromatic heterocycles. The van der Waals surface area contributed by atoms with Crippen LogP contribution in [0.15, 0.2) is 58.0 Å². The van der Waals surface area contributed by atoms with E-state index in [4.69, 9.17) is 4.74 Å². The summed E-state index contributed by atoms with van der Waals surface area (Å²) in [5.41, 5.74) is 1.80. The Morgan fingerprint density at radius 2 is 1.72 bits per heavy atom. The van der Waals surface area contributed by atoms with Gasteiger partial charge in [-0.25, -0.2) is 12.4 Å². The number of aromatic nitrogens is 1. The highest BCUT2D eigenvalue weighted by molar-refractivity contribution is 9.10. The van der Waals surface area contributed by atoms with E-state index in [1.807, 2.05) is 18.2 Å². The van der Waals surface area contributed by atoms with E-state index in [-0.39, 0.29) is 10.4 Å². The summed E-state index contributed by atoms with van der Waals surface area (Å²) in [6.45, 7) is 11.3. The molecule has 2 heterocycles. The number of methoxy groups -OCH3 is 1. The van der Waals surface area contributed by atoms with Crippen molar-refractivity contribution >= 4 is 36.9 Å². The summed E-state index contributed by atoms with van der Waals surface area (Å²) in [4.78, 5) is 5.14. The highest BCUT2D eigenvalue weighted by Gasteiger charge is 2.28. The molecule has 8 heteroatoms. The first kappa shape index (κ1) is 23.3. The third-order valence-electron chi connectivity index (χ3n) is 6.15. The Kier molecular flexibility index (Phi) is 6.42. The van der Waals surface area contributed by atoms with Gasteiger partial charge in [0.1, 0.15) is 10.6 Å². The molecule has 0 N–H and O–H groups in total. The minimum atomic E-state index is -3.76. The van der Waals surface area contributed by atoms with Crippen LogP contribution in [0.25, 0.3) is 10.9 Å². The lowest BCUT2D eigenvalue weighted by atomic mass is 10.0. The van der Waals surface area contributed by atoms with Crippen molar-refractivity contribution in [2.45, 2.75) is 37.8 Å². The van der Waals surface area contributed by atoms with Crippen molar-refractivity contribution in [1.82, 2.24) is 13.8 Å². The summed E-state index contributed by atoms with van der Waals surface area (Å²) in [6, 6.07) is 12.5. The number of hydrogen-bond acceptors (Lipinski definition) is 5. The Morgan fingerprint density at radius 3 is 2.34 bits per heavy atom. The highest BCUT2D eigenvalue weighted by Crippen LogP contribution is 2.32. The maximum atomic E-state index is 13.6. The zero-order chi connectivity index (χ0) is 23.1. The molecule has 1 saturated heterocycles. The standard InChI is InChI=1S/C24H30BrN3O3S/c1-24(2,3)27-13-11-26(12-14-27)16-18-17-28(22-10-9-19(31-4)15-20(18)22)32(29,30)23-8-6-5-7-21(23)25/h5-10,15,17H,11-14,16H2,1-4H3. The summed E-state index contributed by atoms with van der Waals surface area (Å²) >= 11 is 3.40. The van der Waals surface area contributed by atoms with E-state index < -0.39 is 10.0 Å². The predicted octanol–water partition coefficient (Wildman–Crippen LogP) is 4.57. The Balaban J connectivity index is 1.72. The van der Waals surface area contributed by atoms with Crippen molar-refractivity contribution in [1.29, 1.82) is 0 Å². The van der Waals surface area contributed by atoms with Crippen molar-refractivity contribution in [3.63, 3.8) is 0 Å². The highest BCUT2D eigenvalue weighted by atomic mass is 79.9. The van der Waals surface area contributed by atoms with E-state index in [0.29, 0.717) is 22.3 Å². The largest absolute Gasteiger partial charge is 0.497 e. The van der Waals surface area contributed by atoms with Gasteiger partial charge in [-0.15, -0.1) is 0 Å². The lowest BCUT2D eigenvalue weighted by Crippen LogP contribution is -2.53. The summed E-state index contributed by atoms with van der Waals surface area (Å²) in [5.74, 6) is 0.715. The second-order valence-corrected chi connectivity index (χ2v) is 11.8. The number of ether oxygens (including phenoxy) is 1. The van der Waals surface area contributed by atoms with Gasteiger partial charge in [0.05, 0.1) is 12.6 Å². The van der Waals surface area contributed by atoms with Crippen molar-refractivity contribution in [3.05, 3.63) is 58.7 Å². The van der Waals surface area contributed by atoms with Crippen LogP contribution in [0.2, 0.25) is 0 Å². The second kappa shape index (κ2) is 8.82. The molecule has 172 valence electrons. The minimum Gasteiger partial charge on any atom is -0.497 e. The van der Waals surface area contributed by atoms with Crippen LogP contribution in [0.4, 0.5) is 0 Å². The third kappa shape index (κ3) is 4.46. The van der Waals surface area contributed by atoms with Crippen LogP contribution in [0.1, 0.15) is 26.3 Å². The molecule has 3 aromatic rings. The number of fused-ring (bicyclic) bond motifs is 1. The lowest BCUT2D eigenvalue weighted by Gasteiger charge is -2.42. The van der Waals surface area contributed by atoms with E-state index in [1.54, 1.807) is 37.6 Å². The van der Waals surface area contributed by atoms with E-state index in [0.717, 1.165) is 37.1 Å². The number of hydrogen-bond donors (Lipinski definition) is 0. The number of halogens is 1. The van der Waals surface area contributed by atoms with E-state index in [9.17, 15) is 8.42 Å². The van der Waals surface area contributed by atoms with Crippen molar-refractivity contribution in [2.75, 3.05) is 33.3 Å². The smallest absolute Gasteiger partial charge is 0.269 e. The normalized spacial score (nSPS) is 16.5. The maximum Gasteiger partial charge on any atom is 0.269 e. The molecule has 0 saturated carbocycles. The molecule has 1 aliphatic rings. The van der Waals surface area contributed by atoms with Crippen molar-refractivity contribution in [2.24, 2.45) is 0 Å². The Morgan fingerprint density at radius 1 is 1.03 bits per heavy atom. The van der Waals surface area contributed by atoms with Gasteiger partial charge in [0.25, 0.3) is 10.0 Å². The van der Waals surface area contributed by atoms with Crippen LogP contribution in [0, 0.1) is 0 Å². The van der Waals surface area contributed by atoms with Crippen LogP contribution in [-0.4, -0.2) is 61.0 Å². The molecule has 2 aromatic carbocycles. The molecular weight excluding hydrogens is 490 g/mol. The lowest BCUT2D eigenvalue weighted by molar-refractivity contribution is 0.0592. The molecule has 0 bridgehead atoms. The fourth-order valence-corrected chi connectivity index (χ4v) is 6.63. The third-order valence-corrected chi connectivity index (χ3v) is 8.83. The summed E-state index contributed by atoms with van der Waals surface area (Å²) in [6.07, 6.45) is 1.77. The zero-order valence-corrected chi connectivity index (χ0v) is 21.4. The zero-order valence-electron chi connectivity index (χ0n) is 19.0. The second-order valence-electron chi connectivity index (χ2n) is 9.20. The molecule has 0 atom stereocenters. The first-order chi connectivity index (χ1) is 15.1. The monoisotopic (exact) mass is 519 g/mol. The van der Waals surface area contributed by atoms with Gasteiger partial charge in [-0.1, -0.05) is 12.1 Å². The van der Waals surface area contributed by atoms with Crippen molar-refractivity contribution in [3.8, 4) is 5.75 Å². The molecule has 0 radical (unpaired) electrons. The van der Waals surface area contributed by atoms with Crippen LogP contribution < -0.4 is 4.74 Å². The number of rotatable bonds is 5. The summed E-state index contributed by atoms with van der Waals surface area (Å²) < 4.78 is 34.5. The first-order valence-electron chi connectivity index (χ1n) is 10.8. The van der Waals surface area contributed by atoms with Crippen LogP contribution in [0.5, 0.6) is 5.75 Å². The van der Waals surface area contributed by atoms with Gasteiger partial charge in [0.2, 0.25) is 0 Å².